The number of nitrogens with zero attached hydrogens (tertiary/aromatic N) is 2. The van der Waals surface area contributed by atoms with E-state index < -0.39 is 0 Å². The molecule has 0 fully saturated rings. The third-order valence-corrected chi connectivity index (χ3v) is 4.26. The zero-order valence-electron chi connectivity index (χ0n) is 12.1. The summed E-state index contributed by atoms with van der Waals surface area (Å²) in [6.07, 6.45) is 1.41. The molecule has 1 aromatic carbocycles. The first-order chi connectivity index (χ1) is 10.1. The van der Waals surface area contributed by atoms with E-state index in [2.05, 4.69) is 23.8 Å². The highest BCUT2D eigenvalue weighted by Crippen LogP contribution is 2.35. The summed E-state index contributed by atoms with van der Waals surface area (Å²) in [5, 5.41) is 3.28. The zero-order chi connectivity index (χ0) is 15.0. The van der Waals surface area contributed by atoms with E-state index in [0.717, 1.165) is 16.3 Å². The van der Waals surface area contributed by atoms with E-state index in [-0.39, 0.29) is 11.6 Å². The van der Waals surface area contributed by atoms with Crippen LogP contribution in [-0.4, -0.2) is 17.1 Å². The standard InChI is InChI=1S/C16H15FN2OS/c1-9(2)12-8-21-16(19-12)10-5-4-6-11-14(10)15(17)13(20-3)7-18-11/h4-9H,1-3H3. The molecule has 21 heavy (non-hydrogen) atoms. The average Bonchev–Trinajstić information content (AvgIpc) is 2.97. The first kappa shape index (κ1) is 13.9. The topological polar surface area (TPSA) is 35.0 Å². The van der Waals surface area contributed by atoms with Gasteiger partial charge in [0, 0.05) is 10.9 Å². The van der Waals surface area contributed by atoms with Crippen molar-refractivity contribution < 1.29 is 9.13 Å². The summed E-state index contributed by atoms with van der Waals surface area (Å²) < 4.78 is 19.6. The number of rotatable bonds is 3. The van der Waals surface area contributed by atoms with Gasteiger partial charge in [0.05, 0.1) is 29.9 Å². The second-order valence-electron chi connectivity index (χ2n) is 5.07. The maximum absolute atomic E-state index is 14.6. The van der Waals surface area contributed by atoms with Crippen LogP contribution in [0.4, 0.5) is 4.39 Å². The van der Waals surface area contributed by atoms with Gasteiger partial charge >= 0.3 is 0 Å². The summed E-state index contributed by atoms with van der Waals surface area (Å²) >= 11 is 1.52. The smallest absolute Gasteiger partial charge is 0.176 e. The van der Waals surface area contributed by atoms with Crippen LogP contribution in [0.15, 0.2) is 29.8 Å². The first-order valence-electron chi connectivity index (χ1n) is 6.68. The van der Waals surface area contributed by atoms with E-state index >= 15 is 0 Å². The van der Waals surface area contributed by atoms with Crippen LogP contribution in [0.25, 0.3) is 21.5 Å². The highest BCUT2D eigenvalue weighted by Gasteiger charge is 2.16. The van der Waals surface area contributed by atoms with Gasteiger partial charge in [-0.1, -0.05) is 26.0 Å². The van der Waals surface area contributed by atoms with Gasteiger partial charge in [-0.25, -0.2) is 9.37 Å². The van der Waals surface area contributed by atoms with Gasteiger partial charge in [-0.3, -0.25) is 4.98 Å². The van der Waals surface area contributed by atoms with Crippen LogP contribution in [0.2, 0.25) is 0 Å². The van der Waals surface area contributed by atoms with Gasteiger partial charge in [0.15, 0.2) is 11.6 Å². The molecule has 0 N–H and O–H groups in total. The average molecular weight is 302 g/mol. The Bertz CT molecular complexity index is 798. The van der Waals surface area contributed by atoms with E-state index in [1.165, 1.54) is 24.6 Å². The number of methoxy groups -OCH3 is 1. The lowest BCUT2D eigenvalue weighted by Crippen LogP contribution is -1.94. The predicted molar refractivity (Wildman–Crippen MR) is 83.5 cm³/mol. The minimum Gasteiger partial charge on any atom is -0.492 e. The number of fused-ring (bicyclic) bond motifs is 1. The number of halogens is 1. The Morgan fingerprint density at radius 1 is 1.29 bits per heavy atom. The number of hydrogen-bond donors (Lipinski definition) is 0. The summed E-state index contributed by atoms with van der Waals surface area (Å²) in [6.45, 7) is 4.18. The molecule has 0 atom stereocenters. The third kappa shape index (κ3) is 2.38. The fraction of sp³-hybridized carbons (Fsp3) is 0.250. The number of aromatic nitrogens is 2. The lowest BCUT2D eigenvalue weighted by molar-refractivity contribution is 0.387. The van der Waals surface area contributed by atoms with Crippen molar-refractivity contribution in [3.8, 4) is 16.3 Å². The maximum atomic E-state index is 14.6. The second-order valence-corrected chi connectivity index (χ2v) is 5.93. The van der Waals surface area contributed by atoms with Crippen molar-refractivity contribution in [1.82, 2.24) is 9.97 Å². The van der Waals surface area contributed by atoms with Crippen LogP contribution in [-0.2, 0) is 0 Å². The van der Waals surface area contributed by atoms with Crippen molar-refractivity contribution in [1.29, 1.82) is 0 Å². The van der Waals surface area contributed by atoms with Crippen molar-refractivity contribution in [2.75, 3.05) is 7.11 Å². The molecule has 0 aliphatic carbocycles. The molecular weight excluding hydrogens is 287 g/mol. The SMILES string of the molecule is COc1cnc2cccc(-c3nc(C(C)C)cs3)c2c1F. The van der Waals surface area contributed by atoms with Gasteiger partial charge in [0.25, 0.3) is 0 Å². The Hall–Kier alpha value is -2.01. The molecule has 0 aliphatic rings. The maximum Gasteiger partial charge on any atom is 0.176 e. The Labute approximate surface area is 126 Å². The highest BCUT2D eigenvalue weighted by atomic mass is 32.1. The van der Waals surface area contributed by atoms with E-state index in [1.54, 1.807) is 6.07 Å². The molecule has 108 valence electrons. The van der Waals surface area contributed by atoms with Crippen LogP contribution in [0.1, 0.15) is 25.5 Å². The molecule has 0 unspecified atom stereocenters. The van der Waals surface area contributed by atoms with Crippen LogP contribution in [0.5, 0.6) is 5.75 Å². The first-order valence-corrected chi connectivity index (χ1v) is 7.56. The monoisotopic (exact) mass is 302 g/mol. The van der Waals surface area contributed by atoms with Crippen LogP contribution >= 0.6 is 11.3 Å². The molecule has 2 heterocycles. The fourth-order valence-electron chi connectivity index (χ4n) is 2.18. The molecule has 0 saturated carbocycles. The molecule has 0 aliphatic heterocycles. The molecule has 3 aromatic rings. The van der Waals surface area contributed by atoms with Gasteiger partial charge < -0.3 is 4.74 Å². The van der Waals surface area contributed by atoms with E-state index in [9.17, 15) is 4.39 Å². The lowest BCUT2D eigenvalue weighted by atomic mass is 10.1. The van der Waals surface area contributed by atoms with E-state index in [1.807, 2.05) is 17.5 Å². The zero-order valence-corrected chi connectivity index (χ0v) is 12.9. The van der Waals surface area contributed by atoms with E-state index in [0.29, 0.717) is 16.8 Å². The Balaban J connectivity index is 2.26. The molecule has 3 nitrogen and oxygen atoms in total. The second kappa shape index (κ2) is 5.41. The summed E-state index contributed by atoms with van der Waals surface area (Å²) in [4.78, 5) is 8.86. The third-order valence-electron chi connectivity index (χ3n) is 3.36. The van der Waals surface area contributed by atoms with Crippen molar-refractivity contribution in [3.05, 3.63) is 41.3 Å². The van der Waals surface area contributed by atoms with Gasteiger partial charge in [0.1, 0.15) is 5.01 Å². The number of hydrogen-bond acceptors (Lipinski definition) is 4. The van der Waals surface area contributed by atoms with Crippen molar-refractivity contribution in [2.24, 2.45) is 0 Å². The fourth-order valence-corrected chi connectivity index (χ4v) is 3.19. The van der Waals surface area contributed by atoms with Crippen molar-refractivity contribution >= 4 is 22.2 Å². The molecular formula is C16H15FN2OS. The molecule has 0 bridgehead atoms. The molecule has 0 saturated heterocycles. The van der Waals surface area contributed by atoms with E-state index in [4.69, 9.17) is 4.74 Å². The van der Waals surface area contributed by atoms with Gasteiger partial charge in [-0.05, 0) is 12.0 Å². The molecule has 2 aromatic heterocycles. The molecule has 0 radical (unpaired) electrons. The van der Waals surface area contributed by atoms with Crippen LogP contribution in [0, 0.1) is 5.82 Å². The van der Waals surface area contributed by atoms with Crippen molar-refractivity contribution in [2.45, 2.75) is 19.8 Å². The minimum atomic E-state index is -0.389. The highest BCUT2D eigenvalue weighted by molar-refractivity contribution is 7.13. The van der Waals surface area contributed by atoms with Gasteiger partial charge in [0.2, 0.25) is 0 Å². The number of thiazole rings is 1. The van der Waals surface area contributed by atoms with Crippen LogP contribution < -0.4 is 4.74 Å². The number of ether oxygens (including phenoxy) is 1. The normalized spacial score (nSPS) is 11.3. The lowest BCUT2D eigenvalue weighted by Gasteiger charge is -2.08. The van der Waals surface area contributed by atoms with Gasteiger partial charge in [-0.2, -0.15) is 0 Å². The predicted octanol–water partition coefficient (Wildman–Crippen LogP) is 4.63. The molecule has 0 spiro atoms. The van der Waals surface area contributed by atoms with Crippen molar-refractivity contribution in [3.63, 3.8) is 0 Å². The molecule has 0 amide bonds. The summed E-state index contributed by atoms with van der Waals surface area (Å²) in [6, 6.07) is 5.53. The Kier molecular flexibility index (Phi) is 3.59. The quantitative estimate of drug-likeness (QED) is 0.707. The minimum absolute atomic E-state index is 0.149. The number of pyridine rings is 1. The largest absolute Gasteiger partial charge is 0.492 e. The number of benzene rings is 1. The summed E-state index contributed by atoms with van der Waals surface area (Å²) in [7, 11) is 1.44. The van der Waals surface area contributed by atoms with Crippen LogP contribution in [0.3, 0.4) is 0 Å². The summed E-state index contributed by atoms with van der Waals surface area (Å²) in [5.41, 5.74) is 2.38. The molecule has 3 rings (SSSR count). The Morgan fingerprint density at radius 3 is 2.76 bits per heavy atom. The van der Waals surface area contributed by atoms with Gasteiger partial charge in [-0.15, -0.1) is 11.3 Å². The molecule has 5 heteroatoms. The Morgan fingerprint density at radius 2 is 2.10 bits per heavy atom. The summed E-state index contributed by atoms with van der Waals surface area (Å²) in [5.74, 6) is 0.109.